The van der Waals surface area contributed by atoms with Crippen molar-refractivity contribution in [1.82, 2.24) is 5.06 Å². The zero-order valence-corrected chi connectivity index (χ0v) is 4.81. The number of rotatable bonds is 3. The molecule has 0 bridgehead atoms. The minimum atomic E-state index is -1.25. The fourth-order valence-electron chi connectivity index (χ4n) is 0.204. The van der Waals surface area contributed by atoms with Crippen molar-refractivity contribution in [3.8, 4) is 0 Å². The van der Waals surface area contributed by atoms with Crippen molar-refractivity contribution >= 4 is 12.4 Å². The van der Waals surface area contributed by atoms with Gasteiger partial charge < -0.3 is 5.11 Å². The number of carbonyl (C=O) groups is 2. The van der Waals surface area contributed by atoms with Crippen LogP contribution in [0, 0.1) is 0 Å². The molecule has 0 saturated carbocycles. The molecule has 2 N–H and O–H groups in total. The summed E-state index contributed by atoms with van der Waals surface area (Å²) in [5.74, 6) is -1.25. The third-order valence-electron chi connectivity index (χ3n) is 0.862. The number of carboxylic acid groups (broad SMARTS) is 1. The lowest BCUT2D eigenvalue weighted by atomic mass is 10.3. The summed E-state index contributed by atoms with van der Waals surface area (Å²) in [5, 5.41) is 16.6. The largest absolute Gasteiger partial charge is 0.480 e. The van der Waals surface area contributed by atoms with Gasteiger partial charge in [-0.25, -0.2) is 9.86 Å². The first-order chi connectivity index (χ1) is 4.09. The van der Waals surface area contributed by atoms with E-state index in [-0.39, 0.29) is 11.5 Å². The Labute approximate surface area is 51.5 Å². The van der Waals surface area contributed by atoms with Crippen molar-refractivity contribution in [1.29, 1.82) is 0 Å². The van der Waals surface area contributed by atoms with Crippen LogP contribution in [0.4, 0.5) is 0 Å². The van der Waals surface area contributed by atoms with E-state index < -0.39 is 12.0 Å². The number of aliphatic carboxylic acids is 1. The highest BCUT2D eigenvalue weighted by Crippen LogP contribution is 1.89. The average Bonchev–Trinajstić information content (AvgIpc) is 1.84. The first kappa shape index (κ1) is 7.90. The first-order valence-electron chi connectivity index (χ1n) is 2.25. The second-order valence-corrected chi connectivity index (χ2v) is 1.50. The fourth-order valence-corrected chi connectivity index (χ4v) is 0.204. The van der Waals surface area contributed by atoms with Gasteiger partial charge in [0.05, 0.1) is 0 Å². The van der Waals surface area contributed by atoms with Gasteiger partial charge in [-0.15, -0.1) is 0 Å². The quantitative estimate of drug-likeness (QED) is 0.303. The lowest BCUT2D eigenvalue weighted by Gasteiger charge is -2.11. The van der Waals surface area contributed by atoms with Crippen molar-refractivity contribution < 1.29 is 19.9 Å². The number of nitrogens with zero attached hydrogens (tertiary/aromatic N) is 1. The summed E-state index contributed by atoms with van der Waals surface area (Å²) in [6.45, 7) is 1.19. The third kappa shape index (κ3) is 2.09. The van der Waals surface area contributed by atoms with Gasteiger partial charge >= 0.3 is 5.97 Å². The Balaban J connectivity index is 3.86. The highest BCUT2D eigenvalue weighted by molar-refractivity contribution is 5.75. The topological polar surface area (TPSA) is 77.8 Å². The third-order valence-corrected chi connectivity index (χ3v) is 0.862. The minimum absolute atomic E-state index is 0.0405. The van der Waals surface area contributed by atoms with Crippen LogP contribution in [0.25, 0.3) is 0 Å². The molecule has 1 atom stereocenters. The van der Waals surface area contributed by atoms with Crippen LogP contribution in [0.1, 0.15) is 6.92 Å². The van der Waals surface area contributed by atoms with Gasteiger partial charge in [0.1, 0.15) is 0 Å². The van der Waals surface area contributed by atoms with Gasteiger partial charge in [0.25, 0.3) is 0 Å². The molecule has 0 aromatic heterocycles. The van der Waals surface area contributed by atoms with Crippen LogP contribution in [0.15, 0.2) is 0 Å². The van der Waals surface area contributed by atoms with Gasteiger partial charge in [-0.05, 0) is 6.92 Å². The van der Waals surface area contributed by atoms with Crippen LogP contribution in [0.3, 0.4) is 0 Å². The Morgan fingerprint density at radius 1 is 1.78 bits per heavy atom. The summed E-state index contributed by atoms with van der Waals surface area (Å²) in [5.41, 5.74) is 0. The molecule has 0 heterocycles. The van der Waals surface area contributed by atoms with E-state index in [1.165, 1.54) is 6.92 Å². The Kier molecular flexibility index (Phi) is 2.66. The van der Waals surface area contributed by atoms with Crippen LogP contribution in [0.2, 0.25) is 0 Å². The van der Waals surface area contributed by atoms with Crippen molar-refractivity contribution in [3.05, 3.63) is 0 Å². The fraction of sp³-hybridized carbons (Fsp3) is 0.500. The molecule has 0 rings (SSSR count). The maximum Gasteiger partial charge on any atom is 0.328 e. The summed E-state index contributed by atoms with van der Waals surface area (Å²) in [6.07, 6.45) is 0.0405. The smallest absolute Gasteiger partial charge is 0.328 e. The van der Waals surface area contributed by atoms with Crippen LogP contribution in [-0.4, -0.2) is 33.8 Å². The Morgan fingerprint density at radius 2 is 2.22 bits per heavy atom. The van der Waals surface area contributed by atoms with E-state index in [4.69, 9.17) is 10.3 Å². The van der Waals surface area contributed by atoms with Crippen LogP contribution >= 0.6 is 0 Å². The first-order valence-corrected chi connectivity index (χ1v) is 2.25. The molecule has 5 heteroatoms. The standard InChI is InChI=1S/C4H7NO4/c1-3(4(7)8)5(9)2-6/h2-3,9H,1H3,(H,7,8)/t3-/m0/s1. The van der Waals surface area contributed by atoms with E-state index in [1.54, 1.807) is 0 Å². The molecule has 0 radical (unpaired) electrons. The number of carbonyl (C=O) groups excluding carboxylic acids is 1. The van der Waals surface area contributed by atoms with E-state index >= 15 is 0 Å². The average molecular weight is 133 g/mol. The zero-order valence-electron chi connectivity index (χ0n) is 4.81. The van der Waals surface area contributed by atoms with Gasteiger partial charge in [0.2, 0.25) is 6.41 Å². The van der Waals surface area contributed by atoms with E-state index in [1.807, 2.05) is 0 Å². The van der Waals surface area contributed by atoms with Crippen LogP contribution in [0.5, 0.6) is 0 Å². The van der Waals surface area contributed by atoms with E-state index in [2.05, 4.69) is 0 Å². The second kappa shape index (κ2) is 3.03. The second-order valence-electron chi connectivity index (χ2n) is 1.50. The van der Waals surface area contributed by atoms with Gasteiger partial charge in [-0.1, -0.05) is 0 Å². The molecule has 1 amide bonds. The maximum absolute atomic E-state index is 9.94. The number of amides is 1. The van der Waals surface area contributed by atoms with Crippen molar-refractivity contribution in [2.45, 2.75) is 13.0 Å². The molecule has 0 spiro atoms. The molecule has 0 aliphatic rings. The van der Waals surface area contributed by atoms with Gasteiger partial charge in [-0.2, -0.15) is 0 Å². The molecule has 9 heavy (non-hydrogen) atoms. The summed E-state index contributed by atoms with van der Waals surface area (Å²) in [4.78, 5) is 19.6. The monoisotopic (exact) mass is 133 g/mol. The summed E-state index contributed by atoms with van der Waals surface area (Å²) in [6, 6.07) is -1.18. The number of hydrogen-bond acceptors (Lipinski definition) is 3. The summed E-state index contributed by atoms with van der Waals surface area (Å²) >= 11 is 0. The summed E-state index contributed by atoms with van der Waals surface area (Å²) < 4.78 is 0. The normalized spacial score (nSPS) is 12.2. The maximum atomic E-state index is 9.94. The van der Waals surface area contributed by atoms with Crippen LogP contribution < -0.4 is 0 Å². The molecule has 0 saturated heterocycles. The predicted molar refractivity (Wildman–Crippen MR) is 26.8 cm³/mol. The number of carboxylic acids is 1. The molecule has 0 aromatic rings. The highest BCUT2D eigenvalue weighted by atomic mass is 16.5. The molecule has 5 nitrogen and oxygen atoms in total. The van der Waals surface area contributed by atoms with Gasteiger partial charge in [-0.3, -0.25) is 10.0 Å². The van der Waals surface area contributed by atoms with Crippen LogP contribution in [-0.2, 0) is 9.59 Å². The Bertz CT molecular complexity index is 124. The van der Waals surface area contributed by atoms with E-state index in [0.29, 0.717) is 0 Å². The lowest BCUT2D eigenvalue weighted by Crippen LogP contribution is -2.35. The molecule has 0 fully saturated rings. The highest BCUT2D eigenvalue weighted by Gasteiger charge is 2.16. The molecule has 0 aliphatic heterocycles. The number of hydrogen-bond donors (Lipinski definition) is 2. The Morgan fingerprint density at radius 3 is 2.33 bits per heavy atom. The zero-order chi connectivity index (χ0) is 7.44. The predicted octanol–water partition coefficient (Wildman–Crippen LogP) is -0.693. The molecule has 52 valence electrons. The molecular formula is C4H7NO4. The van der Waals surface area contributed by atoms with E-state index in [9.17, 15) is 9.59 Å². The number of hydroxylamine groups is 2. The van der Waals surface area contributed by atoms with Crippen molar-refractivity contribution in [2.24, 2.45) is 0 Å². The van der Waals surface area contributed by atoms with E-state index in [0.717, 1.165) is 0 Å². The Hall–Kier alpha value is -1.10. The van der Waals surface area contributed by atoms with Gasteiger partial charge in [0, 0.05) is 0 Å². The molecule has 0 aliphatic carbocycles. The molecule has 0 unspecified atom stereocenters. The SMILES string of the molecule is C[C@@H](C(=O)O)N(O)C=O. The van der Waals surface area contributed by atoms with Gasteiger partial charge in [0.15, 0.2) is 6.04 Å². The van der Waals surface area contributed by atoms with Crippen molar-refractivity contribution in [2.75, 3.05) is 0 Å². The molecular weight excluding hydrogens is 126 g/mol. The molecule has 0 aromatic carbocycles. The summed E-state index contributed by atoms with van der Waals surface area (Å²) in [7, 11) is 0. The van der Waals surface area contributed by atoms with Crippen molar-refractivity contribution in [3.63, 3.8) is 0 Å². The lowest BCUT2D eigenvalue weighted by molar-refractivity contribution is -0.173. The minimum Gasteiger partial charge on any atom is -0.480 e.